The first-order valence-electron chi connectivity index (χ1n) is 15.1. The van der Waals surface area contributed by atoms with Crippen molar-refractivity contribution in [2.75, 3.05) is 26.4 Å². The fraction of sp³-hybridized carbons (Fsp3) is 0.962. The minimum atomic E-state index is -4.04. The van der Waals surface area contributed by atoms with E-state index in [1.807, 2.05) is 0 Å². The normalized spacial score (nSPS) is 54.0. The number of carbonyl (C=O) groups excluding carboxylic acids is 1. The Labute approximate surface area is 276 Å². The van der Waals surface area contributed by atoms with Crippen molar-refractivity contribution in [1.29, 1.82) is 0 Å². The molecular formula is C26H45NO22. The standard InChI is InChI=1S/C26H45NO22/c1-6(32)27-26(44)24(42,21-17(39)14(36)11(33)7(2-28)45-21)20(48-23-19(41)16(38)13(35)9(4-30)47-23)10(5-31)49-25(26,43)22-18(40)15(37)12(34)8(3-29)46-22/h7-23,28-31,33-44H,2-5H2,1H3,(H,27,32)/t7-,8-,9-,10-,11+,12+,13+,14+,15+,16+,17-,18-,19-,20-,21?,22?,23+,24-,25?,26-/m1/s1. The Morgan fingerprint density at radius 2 is 1.00 bits per heavy atom. The summed E-state index contributed by atoms with van der Waals surface area (Å²) in [5, 5.41) is 174. The van der Waals surface area contributed by atoms with E-state index in [0.717, 1.165) is 0 Å². The van der Waals surface area contributed by atoms with Gasteiger partial charge in [0, 0.05) is 6.92 Å². The molecule has 4 heterocycles. The second-order valence-electron chi connectivity index (χ2n) is 12.5. The monoisotopic (exact) mass is 723 g/mol. The van der Waals surface area contributed by atoms with E-state index in [-0.39, 0.29) is 0 Å². The van der Waals surface area contributed by atoms with Gasteiger partial charge in [0.2, 0.25) is 17.4 Å². The van der Waals surface area contributed by atoms with Crippen LogP contribution in [0.4, 0.5) is 0 Å². The number of carbonyl (C=O) groups is 1. The molecule has 0 saturated carbocycles. The number of aliphatic hydroxyl groups is 16. The molecule has 0 aliphatic carbocycles. The minimum absolute atomic E-state index is 0.699. The van der Waals surface area contributed by atoms with Crippen LogP contribution >= 0.6 is 0 Å². The fourth-order valence-electron chi connectivity index (χ4n) is 6.78. The molecule has 49 heavy (non-hydrogen) atoms. The van der Waals surface area contributed by atoms with Crippen LogP contribution in [0.25, 0.3) is 0 Å². The lowest BCUT2D eigenvalue weighted by molar-refractivity contribution is -0.485. The summed E-state index contributed by atoms with van der Waals surface area (Å²) in [4.78, 5) is 12.7. The fourth-order valence-corrected chi connectivity index (χ4v) is 6.78. The summed E-state index contributed by atoms with van der Waals surface area (Å²) in [6.45, 7) is -3.97. The zero-order valence-corrected chi connectivity index (χ0v) is 25.7. The number of rotatable bonds is 9. The van der Waals surface area contributed by atoms with Crippen LogP contribution < -0.4 is 5.32 Å². The summed E-state index contributed by atoms with van der Waals surface area (Å²) in [6, 6.07) is 0. The summed E-state index contributed by atoms with van der Waals surface area (Å²) in [6.07, 6.45) is -38.2. The van der Waals surface area contributed by atoms with Gasteiger partial charge in [-0.05, 0) is 0 Å². The van der Waals surface area contributed by atoms with Crippen molar-refractivity contribution in [2.45, 2.75) is 128 Å². The maximum Gasteiger partial charge on any atom is 0.248 e. The topological polar surface area (TPSA) is 399 Å². The van der Waals surface area contributed by atoms with Crippen molar-refractivity contribution in [3.8, 4) is 0 Å². The van der Waals surface area contributed by atoms with Gasteiger partial charge < -0.3 is 111 Å². The molecule has 3 unspecified atom stereocenters. The van der Waals surface area contributed by atoms with Gasteiger partial charge in [-0.1, -0.05) is 0 Å². The highest BCUT2D eigenvalue weighted by molar-refractivity contribution is 5.74. The quantitative estimate of drug-likeness (QED) is 0.0982. The van der Waals surface area contributed by atoms with Gasteiger partial charge in [0.15, 0.2) is 11.9 Å². The smallest absolute Gasteiger partial charge is 0.248 e. The minimum Gasteiger partial charge on any atom is -0.394 e. The van der Waals surface area contributed by atoms with Gasteiger partial charge in [-0.25, -0.2) is 0 Å². The zero-order valence-electron chi connectivity index (χ0n) is 25.7. The van der Waals surface area contributed by atoms with Crippen LogP contribution in [0.2, 0.25) is 0 Å². The molecular weight excluding hydrogens is 678 g/mol. The van der Waals surface area contributed by atoms with E-state index >= 15 is 0 Å². The molecule has 4 aliphatic rings. The lowest BCUT2D eigenvalue weighted by Crippen LogP contribution is -2.92. The van der Waals surface area contributed by atoms with Gasteiger partial charge in [-0.2, -0.15) is 0 Å². The van der Waals surface area contributed by atoms with Crippen molar-refractivity contribution < 1.29 is 110 Å². The first-order chi connectivity index (χ1) is 22.8. The van der Waals surface area contributed by atoms with Crippen molar-refractivity contribution in [3.63, 3.8) is 0 Å². The zero-order chi connectivity index (χ0) is 37.0. The van der Waals surface area contributed by atoms with Gasteiger partial charge in [-0.15, -0.1) is 0 Å². The predicted molar refractivity (Wildman–Crippen MR) is 147 cm³/mol. The largest absolute Gasteiger partial charge is 0.394 e. The summed E-state index contributed by atoms with van der Waals surface area (Å²) in [5.41, 5.74) is -7.89. The third kappa shape index (κ3) is 6.38. The Kier molecular flexibility index (Phi) is 12.3. The first-order valence-corrected chi connectivity index (χ1v) is 15.1. The summed E-state index contributed by atoms with van der Waals surface area (Å²) in [5.74, 6) is -5.24. The first kappa shape index (κ1) is 40.4. The number of hydrogen-bond donors (Lipinski definition) is 17. The Morgan fingerprint density at radius 3 is 1.45 bits per heavy atom. The molecule has 17 N–H and O–H groups in total. The van der Waals surface area contributed by atoms with Crippen LogP contribution in [0.5, 0.6) is 0 Å². The molecule has 4 rings (SSSR count). The summed E-state index contributed by atoms with van der Waals surface area (Å²) in [7, 11) is 0. The molecule has 0 aromatic heterocycles. The van der Waals surface area contributed by atoms with E-state index in [4.69, 9.17) is 23.7 Å². The molecule has 0 radical (unpaired) electrons. The summed E-state index contributed by atoms with van der Waals surface area (Å²) >= 11 is 0. The molecule has 23 nitrogen and oxygen atoms in total. The second-order valence-corrected chi connectivity index (χ2v) is 12.5. The Hall–Kier alpha value is -1.37. The third-order valence-electron chi connectivity index (χ3n) is 9.47. The highest BCUT2D eigenvalue weighted by atomic mass is 16.7. The van der Waals surface area contributed by atoms with Crippen LogP contribution in [0.1, 0.15) is 6.92 Å². The van der Waals surface area contributed by atoms with E-state index < -0.39 is 153 Å². The summed E-state index contributed by atoms with van der Waals surface area (Å²) < 4.78 is 27.4. The van der Waals surface area contributed by atoms with Gasteiger partial charge in [0.25, 0.3) is 0 Å². The second kappa shape index (κ2) is 14.9. The maximum absolute atomic E-state index is 12.8. The molecule has 20 atom stereocenters. The van der Waals surface area contributed by atoms with Gasteiger partial charge >= 0.3 is 0 Å². The third-order valence-corrected chi connectivity index (χ3v) is 9.47. The Morgan fingerprint density at radius 1 is 0.592 bits per heavy atom. The molecule has 4 aliphatic heterocycles. The molecule has 0 aromatic rings. The van der Waals surface area contributed by atoms with Crippen molar-refractivity contribution in [3.05, 3.63) is 0 Å². The number of nitrogens with one attached hydrogen (secondary N) is 1. The van der Waals surface area contributed by atoms with E-state index in [2.05, 4.69) is 0 Å². The van der Waals surface area contributed by atoms with Crippen molar-refractivity contribution in [1.82, 2.24) is 5.32 Å². The average molecular weight is 724 g/mol. The molecule has 0 spiro atoms. The van der Waals surface area contributed by atoms with Crippen molar-refractivity contribution >= 4 is 5.91 Å². The highest BCUT2D eigenvalue weighted by Gasteiger charge is 2.81. The molecule has 1 amide bonds. The van der Waals surface area contributed by atoms with Gasteiger partial charge in [0.1, 0.15) is 97.7 Å². The highest BCUT2D eigenvalue weighted by Crippen LogP contribution is 2.52. The Bertz CT molecular complexity index is 1130. The maximum atomic E-state index is 12.8. The SMILES string of the molecule is CC(=O)N[C@]1(O)C(O)(C2O[C@H](CO)[C@H](O)[C@H](O)[C@H]2O)O[C@H](CO)[C@@H](O[C@@H]2O[C@H](CO)[C@H](O)[C@H](O)[C@H]2O)[C@@]1(O)C1O[C@H](CO)[C@H](O)[C@H](O)[C@H]1O. The molecule has 0 aromatic carbocycles. The molecule has 4 saturated heterocycles. The number of ether oxygens (including phenoxy) is 5. The number of aliphatic hydroxyl groups excluding tert-OH is 13. The average Bonchev–Trinajstić information content (AvgIpc) is 3.06. The van der Waals surface area contributed by atoms with E-state index in [1.54, 1.807) is 5.32 Å². The van der Waals surface area contributed by atoms with Crippen LogP contribution in [-0.4, -0.2) is 235 Å². The van der Waals surface area contributed by atoms with Gasteiger partial charge in [0.05, 0.1) is 26.4 Å². The van der Waals surface area contributed by atoms with Crippen LogP contribution in [-0.2, 0) is 28.5 Å². The van der Waals surface area contributed by atoms with Gasteiger partial charge in [-0.3, -0.25) is 4.79 Å². The number of hydrogen-bond acceptors (Lipinski definition) is 22. The number of amides is 1. The van der Waals surface area contributed by atoms with Crippen molar-refractivity contribution in [2.24, 2.45) is 0 Å². The van der Waals surface area contributed by atoms with Crippen LogP contribution in [0.3, 0.4) is 0 Å². The predicted octanol–water partition coefficient (Wildman–Crippen LogP) is -11.5. The van der Waals surface area contributed by atoms with E-state index in [9.17, 15) is 86.5 Å². The molecule has 23 heteroatoms. The van der Waals surface area contributed by atoms with E-state index in [0.29, 0.717) is 6.92 Å². The lowest BCUT2D eigenvalue weighted by atomic mass is 9.66. The molecule has 0 bridgehead atoms. The Balaban J connectivity index is 1.98. The van der Waals surface area contributed by atoms with Crippen LogP contribution in [0.15, 0.2) is 0 Å². The molecule has 4 fully saturated rings. The molecule has 286 valence electrons. The van der Waals surface area contributed by atoms with Crippen LogP contribution in [0, 0.1) is 0 Å². The lowest BCUT2D eigenvalue weighted by Gasteiger charge is -2.65. The van der Waals surface area contributed by atoms with E-state index in [1.165, 1.54) is 0 Å².